The fraction of sp³-hybridized carbons (Fsp3) is 0.320. The third-order valence-electron chi connectivity index (χ3n) is 5.45. The van der Waals surface area contributed by atoms with E-state index in [1.165, 1.54) is 31.8 Å². The van der Waals surface area contributed by atoms with Crippen molar-refractivity contribution in [3.05, 3.63) is 47.2 Å². The van der Waals surface area contributed by atoms with Crippen LogP contribution in [0.5, 0.6) is 0 Å². The number of urea groups is 1. The van der Waals surface area contributed by atoms with E-state index in [4.69, 9.17) is 9.15 Å². The van der Waals surface area contributed by atoms with Gasteiger partial charge >= 0.3 is 12.2 Å². The Balaban J connectivity index is 1.81. The second-order valence-electron chi connectivity index (χ2n) is 8.50. The molecule has 216 valence electrons. The number of ether oxygens (including phenoxy) is 1. The van der Waals surface area contributed by atoms with Crippen LogP contribution in [0.2, 0.25) is 0 Å². The van der Waals surface area contributed by atoms with E-state index in [0.717, 1.165) is 11.3 Å². The first-order valence-corrected chi connectivity index (χ1v) is 13.0. The molecule has 0 aromatic carbocycles. The lowest BCUT2D eigenvalue weighted by Crippen LogP contribution is -2.28. The summed E-state index contributed by atoms with van der Waals surface area (Å²) in [5, 5.41) is 15.4. The quantitative estimate of drug-likeness (QED) is 0.231. The van der Waals surface area contributed by atoms with E-state index in [1.54, 1.807) is 19.9 Å². The Hall–Kier alpha value is -4.44. The Morgan fingerprint density at radius 1 is 1.07 bits per heavy atom. The van der Waals surface area contributed by atoms with Gasteiger partial charge in [-0.3, -0.25) is 15.1 Å². The highest BCUT2D eigenvalue weighted by atomic mass is 32.1. The fourth-order valence-electron chi connectivity index (χ4n) is 3.68. The Bertz CT molecular complexity index is 1540. The highest BCUT2D eigenvalue weighted by Crippen LogP contribution is 2.41. The summed E-state index contributed by atoms with van der Waals surface area (Å²) in [5.41, 5.74) is 0.369. The largest absolute Gasteiger partial charge is 0.434 e. The van der Waals surface area contributed by atoms with Gasteiger partial charge in [-0.25, -0.2) is 14.8 Å². The number of hydrogen-bond acceptors (Lipinski definition) is 10. The van der Waals surface area contributed by atoms with Gasteiger partial charge in [0, 0.05) is 67.3 Å². The molecule has 0 aliphatic rings. The van der Waals surface area contributed by atoms with Crippen molar-refractivity contribution in [1.82, 2.24) is 35.8 Å². The minimum atomic E-state index is -4.82. The van der Waals surface area contributed by atoms with E-state index in [2.05, 4.69) is 41.1 Å². The minimum absolute atomic E-state index is 0.0348. The first kappa shape index (κ1) is 29.5. The van der Waals surface area contributed by atoms with Gasteiger partial charge in [0.25, 0.3) is 0 Å². The molecular formula is C25H25F3N8O4S. The molecule has 41 heavy (non-hydrogen) atoms. The van der Waals surface area contributed by atoms with Crippen molar-refractivity contribution in [1.29, 1.82) is 0 Å². The normalized spacial score (nSPS) is 11.4. The van der Waals surface area contributed by atoms with Crippen LogP contribution in [0.1, 0.15) is 23.4 Å². The van der Waals surface area contributed by atoms with E-state index in [1.807, 2.05) is 0 Å². The number of nitrogens with one attached hydrogen (secondary N) is 3. The molecule has 0 spiro atoms. The number of halogens is 3. The third-order valence-corrected chi connectivity index (χ3v) is 6.54. The number of aryl methyl sites for hydroxylation is 1. The number of pyridine rings is 2. The molecule has 0 bridgehead atoms. The minimum Gasteiger partial charge on any atom is -0.421 e. The average molecular weight is 591 g/mol. The monoisotopic (exact) mass is 590 g/mol. The predicted octanol–water partition coefficient (Wildman–Crippen LogP) is 4.09. The Labute approximate surface area is 235 Å². The molecule has 0 saturated carbocycles. The van der Waals surface area contributed by atoms with Crippen molar-refractivity contribution in [3.8, 4) is 33.2 Å². The molecular weight excluding hydrogens is 565 g/mol. The molecule has 0 saturated heterocycles. The lowest BCUT2D eigenvalue weighted by atomic mass is 10.0. The van der Waals surface area contributed by atoms with Crippen molar-refractivity contribution in [3.63, 3.8) is 0 Å². The maximum atomic E-state index is 14.0. The number of carbonyl (C=O) groups excluding carboxylic acids is 2. The molecule has 16 heteroatoms. The summed E-state index contributed by atoms with van der Waals surface area (Å²) in [4.78, 5) is 36.6. The maximum absolute atomic E-state index is 14.0. The molecule has 0 radical (unpaired) electrons. The van der Waals surface area contributed by atoms with Gasteiger partial charge in [-0.15, -0.1) is 21.5 Å². The molecule has 0 aliphatic heterocycles. The van der Waals surface area contributed by atoms with Crippen LogP contribution in [0.15, 0.2) is 35.1 Å². The van der Waals surface area contributed by atoms with Crippen LogP contribution in [-0.2, 0) is 22.1 Å². The Morgan fingerprint density at radius 2 is 1.85 bits per heavy atom. The van der Waals surface area contributed by atoms with Crippen LogP contribution in [0.3, 0.4) is 0 Å². The van der Waals surface area contributed by atoms with Crippen molar-refractivity contribution in [2.45, 2.75) is 26.4 Å². The zero-order valence-corrected chi connectivity index (χ0v) is 22.9. The van der Waals surface area contributed by atoms with Gasteiger partial charge < -0.3 is 19.8 Å². The topological polar surface area (TPSA) is 157 Å². The molecule has 4 heterocycles. The number of thiazole rings is 1. The number of alkyl halides is 3. The van der Waals surface area contributed by atoms with Gasteiger partial charge in [-0.1, -0.05) is 0 Å². The lowest BCUT2D eigenvalue weighted by molar-refractivity contribution is -0.141. The van der Waals surface area contributed by atoms with Gasteiger partial charge in [-0.2, -0.15) is 13.2 Å². The number of rotatable bonds is 10. The molecule has 4 aromatic rings. The van der Waals surface area contributed by atoms with Gasteiger partial charge in [-0.05, 0) is 19.1 Å². The second kappa shape index (κ2) is 12.8. The average Bonchev–Trinajstić information content (AvgIpc) is 3.55. The van der Waals surface area contributed by atoms with Gasteiger partial charge in [0.15, 0.2) is 5.69 Å². The van der Waals surface area contributed by atoms with Crippen molar-refractivity contribution in [2.24, 2.45) is 0 Å². The van der Waals surface area contributed by atoms with Gasteiger partial charge in [0.1, 0.15) is 10.8 Å². The first-order chi connectivity index (χ1) is 19.6. The Morgan fingerprint density at radius 3 is 2.54 bits per heavy atom. The van der Waals surface area contributed by atoms with E-state index in [0.29, 0.717) is 29.1 Å². The zero-order valence-electron chi connectivity index (χ0n) is 22.1. The number of methoxy groups -OCH3 is 1. The number of amides is 3. The third kappa shape index (κ3) is 7.40. The molecule has 0 unspecified atom stereocenters. The number of hydrogen-bond donors (Lipinski definition) is 3. The van der Waals surface area contributed by atoms with Crippen molar-refractivity contribution < 1.29 is 31.9 Å². The highest BCUT2D eigenvalue weighted by molar-refractivity contribution is 7.15. The van der Waals surface area contributed by atoms with Crippen LogP contribution in [0.4, 0.5) is 23.8 Å². The van der Waals surface area contributed by atoms with Gasteiger partial charge in [0.2, 0.25) is 17.7 Å². The molecule has 0 fully saturated rings. The SMILES string of the molecule is CCNC(=O)Nc1cc(-c2nc(C(F)(F)F)c(CC(=O)NCCOC)s2)c(-c2cncc(-c3nnc(C)o3)c2)cn1. The smallest absolute Gasteiger partial charge is 0.421 e. The van der Waals surface area contributed by atoms with E-state index >= 15 is 0 Å². The summed E-state index contributed by atoms with van der Waals surface area (Å²) in [5.74, 6) is 0.0167. The van der Waals surface area contributed by atoms with Crippen LogP contribution in [-0.4, -0.2) is 63.9 Å². The van der Waals surface area contributed by atoms with E-state index in [-0.39, 0.29) is 40.3 Å². The maximum Gasteiger partial charge on any atom is 0.434 e. The summed E-state index contributed by atoms with van der Waals surface area (Å²) in [6.07, 6.45) is -0.965. The lowest BCUT2D eigenvalue weighted by Gasteiger charge is -2.11. The molecule has 4 aromatic heterocycles. The number of nitrogens with zero attached hydrogens (tertiary/aromatic N) is 5. The molecule has 4 rings (SSSR count). The predicted molar refractivity (Wildman–Crippen MR) is 143 cm³/mol. The molecule has 3 N–H and O–H groups in total. The molecule has 0 atom stereocenters. The van der Waals surface area contributed by atoms with Crippen LogP contribution in [0.25, 0.3) is 33.2 Å². The van der Waals surface area contributed by atoms with Crippen LogP contribution in [0, 0.1) is 6.92 Å². The summed E-state index contributed by atoms with van der Waals surface area (Å²) in [6.45, 7) is 4.07. The fourth-order valence-corrected chi connectivity index (χ4v) is 4.79. The standard InChI is InChI=1S/C25H25F3N8O4S/c1-4-30-24(38)33-19-8-16(17(12-32-19)14-7-15(11-29-10-14)22-36-35-13(2)40-22)23-34-21(25(26,27)28)18(41-23)9-20(37)31-5-6-39-3/h7-8,10-12H,4-6,9H2,1-3H3,(H,31,37)(H2,30,32,33,38). The summed E-state index contributed by atoms with van der Waals surface area (Å²) >= 11 is 0.717. The van der Waals surface area contributed by atoms with Crippen molar-refractivity contribution >= 4 is 29.1 Å². The van der Waals surface area contributed by atoms with E-state index < -0.39 is 30.2 Å². The van der Waals surface area contributed by atoms with E-state index in [9.17, 15) is 22.8 Å². The highest BCUT2D eigenvalue weighted by Gasteiger charge is 2.38. The van der Waals surface area contributed by atoms with Crippen molar-refractivity contribution in [2.75, 3.05) is 32.1 Å². The first-order valence-electron chi connectivity index (χ1n) is 12.2. The summed E-state index contributed by atoms with van der Waals surface area (Å²) < 4.78 is 52.4. The van der Waals surface area contributed by atoms with Gasteiger partial charge in [0.05, 0.1) is 18.6 Å². The summed E-state index contributed by atoms with van der Waals surface area (Å²) in [7, 11) is 1.44. The van der Waals surface area contributed by atoms with Crippen LogP contribution < -0.4 is 16.0 Å². The number of anilines is 1. The molecule has 3 amide bonds. The second-order valence-corrected chi connectivity index (χ2v) is 9.58. The number of carbonyl (C=O) groups is 2. The molecule has 0 aliphatic carbocycles. The Kier molecular flexibility index (Phi) is 9.24. The zero-order chi connectivity index (χ0) is 29.6. The number of aromatic nitrogens is 5. The van der Waals surface area contributed by atoms with Crippen LogP contribution >= 0.6 is 11.3 Å². The molecule has 12 nitrogen and oxygen atoms in total. The summed E-state index contributed by atoms with van der Waals surface area (Å²) in [6, 6.07) is 2.53.